The topological polar surface area (TPSA) is 74.8 Å². The number of benzene rings is 3. The van der Waals surface area contributed by atoms with E-state index in [2.05, 4.69) is 0 Å². The van der Waals surface area contributed by atoms with Crippen molar-refractivity contribution in [2.75, 3.05) is 4.90 Å². The Morgan fingerprint density at radius 1 is 0.906 bits per heavy atom. The predicted octanol–water partition coefficient (Wildman–Crippen LogP) is 4.52. The van der Waals surface area contributed by atoms with Gasteiger partial charge in [-0.05, 0) is 35.9 Å². The van der Waals surface area contributed by atoms with Crippen molar-refractivity contribution >= 4 is 50.7 Å². The maximum absolute atomic E-state index is 13.7. The fourth-order valence-corrected chi connectivity index (χ4v) is 5.93. The molecular weight excluding hydrogens is 471 g/mol. The number of carbonyl (C=O) groups is 2. The number of hydrogen-bond acceptors (Lipinski definition) is 4. The average molecular weight is 489 g/mol. The quantitative estimate of drug-likeness (QED) is 0.478. The predicted molar refractivity (Wildman–Crippen MR) is 123 cm³/mol. The van der Waals surface area contributed by atoms with Crippen LogP contribution in [0.15, 0.2) is 83.8 Å². The first-order valence-electron chi connectivity index (χ1n) is 9.71. The van der Waals surface area contributed by atoms with Crippen LogP contribution in [-0.2, 0) is 26.2 Å². The van der Waals surface area contributed by atoms with E-state index in [1.165, 1.54) is 18.2 Å². The minimum absolute atomic E-state index is 0.0239. The molecule has 0 N–H and O–H groups in total. The number of nitrogens with zero attached hydrogens (tertiary/aromatic N) is 2. The Kier molecular flexibility index (Phi) is 6.35. The molecule has 0 radical (unpaired) electrons. The number of sulfonamides is 1. The summed E-state index contributed by atoms with van der Waals surface area (Å²) in [6, 6.07) is 20.1. The molecule has 1 unspecified atom stereocenters. The summed E-state index contributed by atoms with van der Waals surface area (Å²) in [6.07, 6.45) is -0.280. The zero-order valence-corrected chi connectivity index (χ0v) is 19.0. The van der Waals surface area contributed by atoms with Gasteiger partial charge in [0.1, 0.15) is 10.9 Å². The van der Waals surface area contributed by atoms with Gasteiger partial charge in [-0.3, -0.25) is 9.59 Å². The first-order chi connectivity index (χ1) is 15.3. The van der Waals surface area contributed by atoms with Crippen molar-refractivity contribution in [3.05, 3.63) is 94.5 Å². The van der Waals surface area contributed by atoms with Crippen LogP contribution in [0.5, 0.6) is 0 Å². The highest BCUT2D eigenvalue weighted by Gasteiger charge is 2.47. The fourth-order valence-electron chi connectivity index (χ4n) is 3.62. The lowest BCUT2D eigenvalue weighted by Gasteiger charge is -2.27. The van der Waals surface area contributed by atoms with Crippen molar-refractivity contribution in [3.63, 3.8) is 0 Å². The molecule has 0 spiro atoms. The van der Waals surface area contributed by atoms with Crippen LogP contribution in [0.3, 0.4) is 0 Å². The number of hydrogen-bond donors (Lipinski definition) is 0. The molecule has 3 aromatic rings. The average Bonchev–Trinajstić information content (AvgIpc) is 3.08. The molecule has 0 bridgehead atoms. The van der Waals surface area contributed by atoms with Gasteiger partial charge in [0.2, 0.25) is 15.9 Å². The van der Waals surface area contributed by atoms with Gasteiger partial charge in [-0.2, -0.15) is 4.31 Å². The zero-order valence-electron chi connectivity index (χ0n) is 16.7. The maximum Gasteiger partial charge on any atom is 0.252 e. The highest BCUT2D eigenvalue weighted by atomic mass is 35.5. The number of amides is 2. The molecule has 1 atom stereocenters. The molecule has 164 valence electrons. The van der Waals surface area contributed by atoms with E-state index in [0.717, 1.165) is 9.21 Å². The first kappa shape index (κ1) is 22.5. The highest BCUT2D eigenvalue weighted by Crippen LogP contribution is 2.33. The summed E-state index contributed by atoms with van der Waals surface area (Å²) in [7, 11) is -4.28. The minimum atomic E-state index is -4.28. The third-order valence-electron chi connectivity index (χ3n) is 5.15. The number of imide groups is 1. The van der Waals surface area contributed by atoms with Crippen molar-refractivity contribution in [1.29, 1.82) is 0 Å². The molecule has 6 nitrogen and oxygen atoms in total. The molecule has 1 fully saturated rings. The monoisotopic (exact) mass is 488 g/mol. The minimum Gasteiger partial charge on any atom is -0.274 e. The van der Waals surface area contributed by atoms with Crippen LogP contribution in [0.4, 0.5) is 5.69 Å². The Morgan fingerprint density at radius 3 is 2.19 bits per heavy atom. The van der Waals surface area contributed by atoms with Gasteiger partial charge in [0.25, 0.3) is 5.91 Å². The molecule has 1 heterocycles. The third kappa shape index (κ3) is 4.29. The van der Waals surface area contributed by atoms with Crippen LogP contribution in [0.25, 0.3) is 0 Å². The summed E-state index contributed by atoms with van der Waals surface area (Å²) < 4.78 is 28.4. The van der Waals surface area contributed by atoms with Gasteiger partial charge in [-0.25, -0.2) is 13.3 Å². The van der Waals surface area contributed by atoms with Crippen LogP contribution in [-0.4, -0.2) is 30.6 Å². The van der Waals surface area contributed by atoms with Gasteiger partial charge in [0, 0.05) is 11.6 Å². The SMILES string of the molecule is O=C1CC(N(Cc2ccccc2)S(=O)(=O)c2cc(Cl)ccc2Cl)C(=O)N1c1ccccc1. The van der Waals surface area contributed by atoms with Crippen LogP contribution in [0.2, 0.25) is 10.0 Å². The molecule has 1 saturated heterocycles. The van der Waals surface area contributed by atoms with Crippen LogP contribution >= 0.6 is 23.2 Å². The first-order valence-corrected chi connectivity index (χ1v) is 11.9. The zero-order chi connectivity index (χ0) is 22.9. The lowest BCUT2D eigenvalue weighted by atomic mass is 10.2. The Hall–Kier alpha value is -2.71. The normalized spacial score (nSPS) is 16.7. The van der Waals surface area contributed by atoms with Crippen molar-refractivity contribution in [2.24, 2.45) is 0 Å². The molecule has 3 aromatic carbocycles. The fraction of sp³-hybridized carbons (Fsp3) is 0.130. The van der Waals surface area contributed by atoms with E-state index in [-0.39, 0.29) is 27.9 Å². The van der Waals surface area contributed by atoms with Crippen LogP contribution in [0.1, 0.15) is 12.0 Å². The van der Waals surface area contributed by atoms with Gasteiger partial charge in [0.05, 0.1) is 17.1 Å². The molecule has 9 heteroatoms. The van der Waals surface area contributed by atoms with E-state index in [4.69, 9.17) is 23.2 Å². The van der Waals surface area contributed by atoms with Gasteiger partial charge in [0.15, 0.2) is 0 Å². The van der Waals surface area contributed by atoms with E-state index >= 15 is 0 Å². The largest absolute Gasteiger partial charge is 0.274 e. The van der Waals surface area contributed by atoms with E-state index in [0.29, 0.717) is 11.3 Å². The van der Waals surface area contributed by atoms with E-state index in [1.807, 2.05) is 0 Å². The Balaban J connectivity index is 1.79. The molecule has 0 aromatic heterocycles. The number of rotatable bonds is 6. The van der Waals surface area contributed by atoms with E-state index in [9.17, 15) is 18.0 Å². The molecule has 0 saturated carbocycles. The summed E-state index contributed by atoms with van der Waals surface area (Å²) in [5, 5.41) is 0.163. The molecular formula is C23H18Cl2N2O4S. The Bertz CT molecular complexity index is 1270. The van der Waals surface area contributed by atoms with Gasteiger partial charge < -0.3 is 0 Å². The van der Waals surface area contributed by atoms with Gasteiger partial charge >= 0.3 is 0 Å². The second-order valence-corrected chi connectivity index (χ2v) is 9.94. The number of carbonyl (C=O) groups excluding carboxylic acids is 2. The summed E-state index contributed by atoms with van der Waals surface area (Å²) in [6.45, 7) is -0.113. The van der Waals surface area contributed by atoms with Crippen molar-refractivity contribution in [3.8, 4) is 0 Å². The Labute approximate surface area is 196 Å². The summed E-state index contributed by atoms with van der Waals surface area (Å²) in [4.78, 5) is 26.9. The van der Waals surface area contributed by atoms with E-state index in [1.54, 1.807) is 60.7 Å². The smallest absolute Gasteiger partial charge is 0.252 e. The van der Waals surface area contributed by atoms with Crippen molar-refractivity contribution < 1.29 is 18.0 Å². The van der Waals surface area contributed by atoms with Gasteiger partial charge in [-0.15, -0.1) is 0 Å². The number of anilines is 1. The molecule has 1 aliphatic heterocycles. The van der Waals surface area contributed by atoms with Crippen molar-refractivity contribution in [1.82, 2.24) is 4.31 Å². The molecule has 1 aliphatic rings. The molecule has 0 aliphatic carbocycles. The maximum atomic E-state index is 13.7. The van der Waals surface area contributed by atoms with E-state index < -0.39 is 27.9 Å². The van der Waals surface area contributed by atoms with Crippen LogP contribution < -0.4 is 4.90 Å². The highest BCUT2D eigenvalue weighted by molar-refractivity contribution is 7.89. The van der Waals surface area contributed by atoms with Crippen LogP contribution in [0, 0.1) is 0 Å². The second kappa shape index (κ2) is 9.03. The summed E-state index contributed by atoms with van der Waals surface area (Å²) >= 11 is 12.2. The number of para-hydroxylation sites is 1. The Morgan fingerprint density at radius 2 is 1.53 bits per heavy atom. The second-order valence-electron chi connectivity index (χ2n) is 7.23. The molecule has 32 heavy (non-hydrogen) atoms. The lowest BCUT2D eigenvalue weighted by molar-refractivity contribution is -0.122. The third-order valence-corrected chi connectivity index (χ3v) is 7.72. The number of halogens is 2. The molecule has 2 amide bonds. The van der Waals surface area contributed by atoms with Gasteiger partial charge in [-0.1, -0.05) is 71.7 Å². The molecule has 4 rings (SSSR count). The standard InChI is InChI=1S/C23H18Cl2N2O4S/c24-17-11-12-19(25)21(13-17)32(30,31)26(15-16-7-3-1-4-8-16)20-14-22(28)27(23(20)29)18-9-5-2-6-10-18/h1-13,20H,14-15H2. The van der Waals surface area contributed by atoms with Crippen molar-refractivity contribution in [2.45, 2.75) is 23.9 Å². The summed E-state index contributed by atoms with van der Waals surface area (Å²) in [5.41, 5.74) is 1.05. The summed E-state index contributed by atoms with van der Waals surface area (Å²) in [5.74, 6) is -1.09. The lowest BCUT2D eigenvalue weighted by Crippen LogP contribution is -2.45.